The van der Waals surface area contributed by atoms with Crippen molar-refractivity contribution in [2.75, 3.05) is 0 Å². The Morgan fingerprint density at radius 2 is 1.90 bits per heavy atom. The SMILES string of the molecule is Cn1nc(CO)nc1COc1nn2c(-c3ccccc3F)nnc2cc1C(C)(C)C. The van der Waals surface area contributed by atoms with E-state index in [0.29, 0.717) is 28.7 Å². The van der Waals surface area contributed by atoms with Crippen LogP contribution in [0.3, 0.4) is 0 Å². The van der Waals surface area contributed by atoms with Gasteiger partial charge >= 0.3 is 0 Å². The summed E-state index contributed by atoms with van der Waals surface area (Å²) in [5.41, 5.74) is 1.33. The molecule has 0 aliphatic carbocycles. The number of ether oxygens (including phenoxy) is 1. The zero-order chi connectivity index (χ0) is 21.5. The van der Waals surface area contributed by atoms with Gasteiger partial charge in [0.2, 0.25) is 5.88 Å². The third-order valence-electron chi connectivity index (χ3n) is 4.66. The largest absolute Gasteiger partial charge is 0.468 e. The van der Waals surface area contributed by atoms with Gasteiger partial charge in [0.25, 0.3) is 0 Å². The van der Waals surface area contributed by atoms with Crippen LogP contribution in [0.15, 0.2) is 30.3 Å². The van der Waals surface area contributed by atoms with Crippen LogP contribution in [0.2, 0.25) is 0 Å². The van der Waals surface area contributed by atoms with Crippen LogP contribution in [0.25, 0.3) is 17.0 Å². The molecule has 0 saturated carbocycles. The number of aliphatic hydroxyl groups is 1. The number of rotatable bonds is 5. The van der Waals surface area contributed by atoms with Crippen molar-refractivity contribution in [2.24, 2.45) is 7.05 Å². The molecule has 10 heteroatoms. The predicted molar refractivity (Wildman–Crippen MR) is 106 cm³/mol. The summed E-state index contributed by atoms with van der Waals surface area (Å²) >= 11 is 0. The molecule has 0 atom stereocenters. The number of hydrogen-bond acceptors (Lipinski definition) is 7. The van der Waals surface area contributed by atoms with E-state index in [9.17, 15) is 9.50 Å². The fourth-order valence-electron chi connectivity index (χ4n) is 3.07. The lowest BCUT2D eigenvalue weighted by molar-refractivity contribution is 0.264. The van der Waals surface area contributed by atoms with Gasteiger partial charge in [0, 0.05) is 12.6 Å². The number of hydrogen-bond donors (Lipinski definition) is 1. The lowest BCUT2D eigenvalue weighted by Gasteiger charge is -2.21. The molecular weight excluding hydrogens is 389 g/mol. The summed E-state index contributed by atoms with van der Waals surface area (Å²) in [4.78, 5) is 4.23. The van der Waals surface area contributed by atoms with Crippen LogP contribution in [0.4, 0.5) is 4.39 Å². The highest BCUT2D eigenvalue weighted by Gasteiger charge is 2.24. The Balaban J connectivity index is 1.79. The molecule has 0 radical (unpaired) electrons. The number of fused-ring (bicyclic) bond motifs is 1. The van der Waals surface area contributed by atoms with Crippen LogP contribution in [0.5, 0.6) is 5.88 Å². The molecule has 1 aromatic carbocycles. The quantitative estimate of drug-likeness (QED) is 0.538. The summed E-state index contributed by atoms with van der Waals surface area (Å²) in [6.45, 7) is 5.95. The molecule has 0 unspecified atom stereocenters. The van der Waals surface area contributed by atoms with Crippen molar-refractivity contribution in [1.29, 1.82) is 0 Å². The van der Waals surface area contributed by atoms with Gasteiger partial charge in [-0.15, -0.1) is 15.3 Å². The zero-order valence-electron chi connectivity index (χ0n) is 17.2. The number of aryl methyl sites for hydroxylation is 1. The van der Waals surface area contributed by atoms with Gasteiger partial charge in [0.05, 0.1) is 5.56 Å². The Hall–Kier alpha value is -3.40. The lowest BCUT2D eigenvalue weighted by Crippen LogP contribution is -2.17. The zero-order valence-corrected chi connectivity index (χ0v) is 17.2. The van der Waals surface area contributed by atoms with Crippen LogP contribution in [-0.4, -0.2) is 39.7 Å². The second-order valence-corrected chi connectivity index (χ2v) is 7.90. The van der Waals surface area contributed by atoms with E-state index in [2.05, 4.69) is 25.4 Å². The van der Waals surface area contributed by atoms with Gasteiger partial charge in [-0.3, -0.25) is 0 Å². The minimum atomic E-state index is -0.411. The smallest absolute Gasteiger partial charge is 0.236 e. The average Bonchev–Trinajstić information content (AvgIpc) is 3.28. The van der Waals surface area contributed by atoms with Gasteiger partial charge in [-0.05, 0) is 23.6 Å². The van der Waals surface area contributed by atoms with E-state index in [1.54, 1.807) is 29.9 Å². The predicted octanol–water partition coefficient (Wildman–Crippen LogP) is 2.43. The normalized spacial score (nSPS) is 11.9. The summed E-state index contributed by atoms with van der Waals surface area (Å²) < 4.78 is 23.3. The average molecular weight is 411 g/mol. The second kappa shape index (κ2) is 7.45. The van der Waals surface area contributed by atoms with E-state index in [1.165, 1.54) is 10.6 Å². The molecule has 1 N–H and O–H groups in total. The first-order valence-corrected chi connectivity index (χ1v) is 9.42. The van der Waals surface area contributed by atoms with E-state index in [4.69, 9.17) is 4.74 Å². The minimum Gasteiger partial charge on any atom is -0.468 e. The monoisotopic (exact) mass is 411 g/mol. The van der Waals surface area contributed by atoms with Crippen molar-refractivity contribution in [3.63, 3.8) is 0 Å². The molecule has 0 aliphatic heterocycles. The Morgan fingerprint density at radius 1 is 1.13 bits per heavy atom. The fourth-order valence-corrected chi connectivity index (χ4v) is 3.07. The van der Waals surface area contributed by atoms with E-state index in [0.717, 1.165) is 5.56 Å². The fraction of sp³-hybridized carbons (Fsp3) is 0.350. The number of aliphatic hydroxyl groups excluding tert-OH is 1. The molecule has 9 nitrogen and oxygen atoms in total. The van der Waals surface area contributed by atoms with Crippen molar-refractivity contribution in [3.8, 4) is 17.3 Å². The van der Waals surface area contributed by atoms with Crippen molar-refractivity contribution in [1.82, 2.24) is 34.6 Å². The summed E-state index contributed by atoms with van der Waals surface area (Å²) in [5.74, 6) is 1.09. The minimum absolute atomic E-state index is 0.0994. The topological polar surface area (TPSA) is 103 Å². The Kier molecular flexibility index (Phi) is 4.94. The van der Waals surface area contributed by atoms with Gasteiger partial charge in [-0.1, -0.05) is 32.9 Å². The molecule has 0 aliphatic rings. The highest BCUT2D eigenvalue weighted by atomic mass is 19.1. The maximum absolute atomic E-state index is 14.3. The van der Waals surface area contributed by atoms with Crippen molar-refractivity contribution < 1.29 is 14.2 Å². The molecule has 0 fully saturated rings. The maximum Gasteiger partial charge on any atom is 0.236 e. The molecule has 0 bridgehead atoms. The van der Waals surface area contributed by atoms with Crippen LogP contribution in [0.1, 0.15) is 38.0 Å². The Labute approximate surface area is 172 Å². The number of nitrogens with zero attached hydrogens (tertiary/aromatic N) is 7. The number of benzene rings is 1. The van der Waals surface area contributed by atoms with Crippen molar-refractivity contribution >= 4 is 5.65 Å². The van der Waals surface area contributed by atoms with E-state index in [1.807, 2.05) is 26.8 Å². The molecule has 4 aromatic rings. The van der Waals surface area contributed by atoms with Crippen molar-refractivity contribution in [2.45, 2.75) is 39.4 Å². The molecule has 3 aromatic heterocycles. The summed E-state index contributed by atoms with van der Waals surface area (Å²) in [6.07, 6.45) is 0. The van der Waals surface area contributed by atoms with Crippen LogP contribution >= 0.6 is 0 Å². The van der Waals surface area contributed by atoms with Gasteiger partial charge < -0.3 is 9.84 Å². The van der Waals surface area contributed by atoms with E-state index < -0.39 is 5.82 Å². The summed E-state index contributed by atoms with van der Waals surface area (Å²) in [6, 6.07) is 8.18. The van der Waals surface area contributed by atoms with Gasteiger partial charge in [-0.2, -0.15) is 9.61 Å². The highest BCUT2D eigenvalue weighted by Crippen LogP contribution is 2.32. The standard InChI is InChI=1S/C20H22FN7O2/c1-20(2,3)13-9-16-23-24-18(12-7-5-6-8-14(12)21)28(16)26-19(13)30-11-17-22-15(10-29)25-27(17)4/h5-9,29H,10-11H2,1-4H3. The molecule has 0 saturated heterocycles. The van der Waals surface area contributed by atoms with Crippen LogP contribution in [0, 0.1) is 5.82 Å². The third-order valence-corrected chi connectivity index (χ3v) is 4.66. The van der Waals surface area contributed by atoms with Gasteiger partial charge in [0.1, 0.15) is 19.0 Å². The van der Waals surface area contributed by atoms with E-state index in [-0.39, 0.29) is 24.5 Å². The van der Waals surface area contributed by atoms with Gasteiger partial charge in [-0.25, -0.2) is 14.1 Å². The summed E-state index contributed by atoms with van der Waals surface area (Å²) in [7, 11) is 1.72. The molecule has 4 rings (SSSR count). The maximum atomic E-state index is 14.3. The first kappa shape index (κ1) is 19.9. The molecular formula is C20H22FN7O2. The second-order valence-electron chi connectivity index (χ2n) is 7.90. The lowest BCUT2D eigenvalue weighted by atomic mass is 9.88. The van der Waals surface area contributed by atoms with Crippen molar-refractivity contribution in [3.05, 3.63) is 53.4 Å². The molecule has 3 heterocycles. The van der Waals surface area contributed by atoms with Gasteiger partial charge in [0.15, 0.2) is 23.1 Å². The van der Waals surface area contributed by atoms with Crippen LogP contribution in [-0.2, 0) is 25.7 Å². The number of aromatic nitrogens is 7. The Bertz CT molecular complexity index is 1210. The summed E-state index contributed by atoms with van der Waals surface area (Å²) in [5, 5.41) is 26.2. The van der Waals surface area contributed by atoms with Crippen LogP contribution < -0.4 is 4.74 Å². The first-order chi connectivity index (χ1) is 14.3. The third kappa shape index (κ3) is 3.61. The molecule has 30 heavy (non-hydrogen) atoms. The highest BCUT2D eigenvalue weighted by molar-refractivity contribution is 5.60. The Morgan fingerprint density at radius 3 is 2.57 bits per heavy atom. The molecule has 0 spiro atoms. The molecule has 156 valence electrons. The number of halogens is 1. The molecule has 0 amide bonds. The first-order valence-electron chi connectivity index (χ1n) is 9.42. The van der Waals surface area contributed by atoms with E-state index >= 15 is 0 Å².